The van der Waals surface area contributed by atoms with E-state index in [4.69, 9.17) is 16.3 Å². The first kappa shape index (κ1) is 19.7. The number of amides is 1. The Morgan fingerprint density at radius 3 is 2.57 bits per heavy atom. The molecule has 0 radical (unpaired) electrons. The molecular formula is C22H22ClN3O2. The third-order valence-electron chi connectivity index (χ3n) is 4.35. The third-order valence-corrected chi connectivity index (χ3v) is 4.66. The van der Waals surface area contributed by atoms with Crippen molar-refractivity contribution in [2.24, 2.45) is 5.10 Å². The highest BCUT2D eigenvalue weighted by molar-refractivity contribution is 6.32. The zero-order valence-corrected chi connectivity index (χ0v) is 16.8. The lowest BCUT2D eigenvalue weighted by Gasteiger charge is -2.09. The minimum atomic E-state index is -0.358. The van der Waals surface area contributed by atoms with Crippen LogP contribution in [0.25, 0.3) is 5.69 Å². The van der Waals surface area contributed by atoms with Crippen LogP contribution in [-0.4, -0.2) is 23.3 Å². The van der Waals surface area contributed by atoms with Gasteiger partial charge in [0.05, 0.1) is 11.2 Å². The number of halogens is 1. The van der Waals surface area contributed by atoms with Gasteiger partial charge in [-0.15, -0.1) is 0 Å². The second-order valence-electron chi connectivity index (χ2n) is 6.51. The van der Waals surface area contributed by atoms with Crippen molar-refractivity contribution in [2.45, 2.75) is 20.8 Å². The van der Waals surface area contributed by atoms with Gasteiger partial charge in [-0.2, -0.15) is 5.10 Å². The monoisotopic (exact) mass is 395 g/mol. The average molecular weight is 396 g/mol. The number of ether oxygens (including phenoxy) is 1. The van der Waals surface area contributed by atoms with Crippen molar-refractivity contribution in [3.05, 3.63) is 82.1 Å². The lowest BCUT2D eigenvalue weighted by atomic mass is 10.2. The molecule has 0 aliphatic rings. The van der Waals surface area contributed by atoms with Gasteiger partial charge in [-0.05, 0) is 51.1 Å². The highest BCUT2D eigenvalue weighted by Crippen LogP contribution is 2.23. The fourth-order valence-corrected chi connectivity index (χ4v) is 3.11. The minimum Gasteiger partial charge on any atom is -0.482 e. The van der Waals surface area contributed by atoms with Crippen LogP contribution in [0.2, 0.25) is 5.02 Å². The van der Waals surface area contributed by atoms with Crippen LogP contribution in [0.5, 0.6) is 5.75 Å². The topological polar surface area (TPSA) is 55.6 Å². The predicted octanol–water partition coefficient (Wildman–Crippen LogP) is 4.59. The lowest BCUT2D eigenvalue weighted by Crippen LogP contribution is -2.24. The Hall–Kier alpha value is -3.05. The van der Waals surface area contributed by atoms with E-state index in [2.05, 4.69) is 46.3 Å². The molecule has 6 heteroatoms. The summed E-state index contributed by atoms with van der Waals surface area (Å²) in [6.07, 6.45) is 1.64. The van der Waals surface area contributed by atoms with Gasteiger partial charge in [0.25, 0.3) is 5.91 Å². The molecule has 144 valence electrons. The Kier molecular flexibility index (Phi) is 6.16. The summed E-state index contributed by atoms with van der Waals surface area (Å²) in [5.41, 5.74) is 7.87. The van der Waals surface area contributed by atoms with Crippen molar-refractivity contribution in [1.82, 2.24) is 9.99 Å². The molecule has 1 amide bonds. The maximum atomic E-state index is 11.9. The van der Waals surface area contributed by atoms with Crippen LogP contribution in [0.15, 0.2) is 59.7 Å². The van der Waals surface area contributed by atoms with Crippen LogP contribution in [0.1, 0.15) is 22.5 Å². The molecule has 0 unspecified atom stereocenters. The number of nitrogens with zero attached hydrogens (tertiary/aromatic N) is 2. The zero-order chi connectivity index (χ0) is 20.1. The summed E-state index contributed by atoms with van der Waals surface area (Å²) < 4.78 is 7.55. The van der Waals surface area contributed by atoms with Gasteiger partial charge in [0.15, 0.2) is 6.61 Å². The number of hydrogen-bond donors (Lipinski definition) is 1. The Balaban J connectivity index is 1.63. The van der Waals surface area contributed by atoms with Gasteiger partial charge in [0.2, 0.25) is 0 Å². The first-order valence-electron chi connectivity index (χ1n) is 8.91. The second-order valence-corrected chi connectivity index (χ2v) is 6.92. The average Bonchev–Trinajstić information content (AvgIpc) is 2.95. The number of rotatable bonds is 6. The lowest BCUT2D eigenvalue weighted by molar-refractivity contribution is -0.123. The fourth-order valence-electron chi connectivity index (χ4n) is 2.92. The largest absolute Gasteiger partial charge is 0.482 e. The maximum absolute atomic E-state index is 11.9. The van der Waals surface area contributed by atoms with E-state index < -0.39 is 0 Å². The summed E-state index contributed by atoms with van der Waals surface area (Å²) in [4.78, 5) is 11.9. The molecule has 3 rings (SSSR count). The Morgan fingerprint density at radius 2 is 1.86 bits per heavy atom. The quantitative estimate of drug-likeness (QED) is 0.490. The van der Waals surface area contributed by atoms with Crippen LogP contribution in [0.3, 0.4) is 0 Å². The standard InChI is InChI=1S/C22H22ClN3O2/c1-15-8-10-19(11-9-15)26-16(2)12-18(17(26)3)13-24-25-22(27)14-28-21-7-5-4-6-20(21)23/h4-13H,14H2,1-3H3,(H,25,27)/b24-13+. The van der Waals surface area contributed by atoms with Gasteiger partial charge < -0.3 is 9.30 Å². The number of hydrogen-bond acceptors (Lipinski definition) is 3. The third kappa shape index (κ3) is 4.61. The van der Waals surface area contributed by atoms with E-state index >= 15 is 0 Å². The number of carbonyl (C=O) groups is 1. The Morgan fingerprint density at radius 1 is 1.14 bits per heavy atom. The van der Waals surface area contributed by atoms with Crippen LogP contribution in [0.4, 0.5) is 0 Å². The van der Waals surface area contributed by atoms with Gasteiger partial charge in [-0.25, -0.2) is 5.43 Å². The van der Waals surface area contributed by atoms with Crippen LogP contribution in [0, 0.1) is 20.8 Å². The van der Waals surface area contributed by atoms with Crippen molar-refractivity contribution in [3.8, 4) is 11.4 Å². The number of aromatic nitrogens is 1. The van der Waals surface area contributed by atoms with E-state index in [0.717, 1.165) is 22.6 Å². The molecule has 0 saturated heterocycles. The van der Waals surface area contributed by atoms with Gasteiger partial charge in [0, 0.05) is 22.6 Å². The number of aryl methyl sites for hydroxylation is 2. The zero-order valence-electron chi connectivity index (χ0n) is 16.1. The van der Waals surface area contributed by atoms with Gasteiger partial charge in [-0.3, -0.25) is 4.79 Å². The van der Waals surface area contributed by atoms with E-state index in [1.54, 1.807) is 30.5 Å². The van der Waals surface area contributed by atoms with Crippen LogP contribution in [-0.2, 0) is 4.79 Å². The number of benzene rings is 2. The Labute approximate surface area is 169 Å². The van der Waals surface area contributed by atoms with E-state index in [-0.39, 0.29) is 12.5 Å². The van der Waals surface area contributed by atoms with Crippen molar-refractivity contribution in [1.29, 1.82) is 0 Å². The number of nitrogens with one attached hydrogen (secondary N) is 1. The van der Waals surface area contributed by atoms with Crippen molar-refractivity contribution >= 4 is 23.7 Å². The first-order chi connectivity index (χ1) is 13.5. The van der Waals surface area contributed by atoms with Crippen LogP contribution < -0.4 is 10.2 Å². The highest BCUT2D eigenvalue weighted by atomic mass is 35.5. The van der Waals surface area contributed by atoms with E-state index in [0.29, 0.717) is 10.8 Å². The van der Waals surface area contributed by atoms with E-state index in [9.17, 15) is 4.79 Å². The van der Waals surface area contributed by atoms with Gasteiger partial charge in [0.1, 0.15) is 5.75 Å². The smallest absolute Gasteiger partial charge is 0.277 e. The summed E-state index contributed by atoms with van der Waals surface area (Å²) in [7, 11) is 0. The summed E-state index contributed by atoms with van der Waals surface area (Å²) in [5.74, 6) is 0.105. The van der Waals surface area contributed by atoms with Gasteiger partial charge in [-0.1, -0.05) is 41.4 Å². The summed E-state index contributed by atoms with van der Waals surface area (Å²) in [6, 6.07) is 17.4. The molecule has 28 heavy (non-hydrogen) atoms. The SMILES string of the molecule is Cc1ccc(-n2c(C)cc(/C=N/NC(=O)COc3ccccc3Cl)c2C)cc1. The summed E-state index contributed by atoms with van der Waals surface area (Å²) in [5, 5.41) is 4.51. The Bertz CT molecular complexity index is 1010. The first-order valence-corrected chi connectivity index (χ1v) is 9.28. The van der Waals surface area contributed by atoms with Crippen molar-refractivity contribution in [3.63, 3.8) is 0 Å². The van der Waals surface area contributed by atoms with Crippen LogP contribution >= 0.6 is 11.6 Å². The second kappa shape index (κ2) is 8.76. The molecule has 1 N–H and O–H groups in total. The molecule has 2 aromatic carbocycles. The molecule has 0 aliphatic carbocycles. The maximum Gasteiger partial charge on any atom is 0.277 e. The summed E-state index contributed by atoms with van der Waals surface area (Å²) >= 11 is 6.00. The van der Waals surface area contributed by atoms with Crippen molar-refractivity contribution in [2.75, 3.05) is 6.61 Å². The molecule has 0 saturated carbocycles. The molecule has 5 nitrogen and oxygen atoms in total. The van der Waals surface area contributed by atoms with E-state index in [1.165, 1.54) is 5.56 Å². The number of para-hydroxylation sites is 1. The predicted molar refractivity (Wildman–Crippen MR) is 113 cm³/mol. The fraction of sp³-hybridized carbons (Fsp3) is 0.182. The number of hydrazone groups is 1. The van der Waals surface area contributed by atoms with E-state index in [1.807, 2.05) is 19.9 Å². The molecule has 0 fully saturated rings. The van der Waals surface area contributed by atoms with Gasteiger partial charge >= 0.3 is 0 Å². The molecule has 0 bridgehead atoms. The summed E-state index contributed by atoms with van der Waals surface area (Å²) in [6.45, 7) is 5.97. The molecule has 0 aliphatic heterocycles. The molecular weight excluding hydrogens is 374 g/mol. The highest BCUT2D eigenvalue weighted by Gasteiger charge is 2.09. The molecule has 0 spiro atoms. The molecule has 0 atom stereocenters. The number of carbonyl (C=O) groups excluding carboxylic acids is 1. The molecule has 1 aromatic heterocycles. The molecule has 1 heterocycles. The molecule has 3 aromatic rings. The minimum absolute atomic E-state index is 0.163. The normalized spacial score (nSPS) is 11.0. The van der Waals surface area contributed by atoms with Crippen molar-refractivity contribution < 1.29 is 9.53 Å².